The van der Waals surface area contributed by atoms with Gasteiger partial charge in [0.1, 0.15) is 36.6 Å². The second kappa shape index (κ2) is 13.5. The number of hydrogen-bond donors (Lipinski definition) is 7. The Morgan fingerprint density at radius 1 is 0.830 bits per heavy atom. The SMILES string of the molecule is C[C@@H]1O[C@@H](O[C@H]2[C@H](O[C@H]3CC[C@@]4(C)[C@@H](CC[C@]5(C)[C@@H]4CC=C4[C@@H]6CC(C)(C)CC[C@]6(C(=O)O)CC[C@]45C)[C@]3(C)CO)OC[C@H](O)[C@@H]2O)[C@H](O)[C@H](O)[C@H]1O. The molecule has 4 saturated carbocycles. The lowest BCUT2D eigenvalue weighted by molar-refractivity contribution is -0.365. The van der Waals surface area contributed by atoms with Crippen LogP contribution < -0.4 is 0 Å². The summed E-state index contributed by atoms with van der Waals surface area (Å²) in [5.41, 5.74) is -0.239. The van der Waals surface area contributed by atoms with Gasteiger partial charge in [-0.15, -0.1) is 0 Å². The third-order valence-electron chi connectivity index (χ3n) is 17.0. The lowest BCUT2D eigenvalue weighted by atomic mass is 9.33. The first-order valence-corrected chi connectivity index (χ1v) is 20.2. The molecule has 5 aliphatic carbocycles. The van der Waals surface area contributed by atoms with Crippen molar-refractivity contribution in [2.75, 3.05) is 13.2 Å². The Morgan fingerprint density at radius 3 is 2.21 bits per heavy atom. The first kappa shape index (κ1) is 40.0. The molecule has 6 fully saturated rings. The number of fused-ring (bicyclic) bond motifs is 7. The minimum absolute atomic E-state index is 0.0360. The highest BCUT2D eigenvalue weighted by molar-refractivity contribution is 5.76. The number of hydrogen-bond acceptors (Lipinski definition) is 11. The molecule has 53 heavy (non-hydrogen) atoms. The maximum Gasteiger partial charge on any atom is 0.310 e. The van der Waals surface area contributed by atoms with Crippen molar-refractivity contribution in [3.63, 3.8) is 0 Å². The molecule has 0 spiro atoms. The molecule has 12 heteroatoms. The third-order valence-corrected chi connectivity index (χ3v) is 17.0. The lowest BCUT2D eigenvalue weighted by Crippen LogP contribution is -2.67. The summed E-state index contributed by atoms with van der Waals surface area (Å²) in [6.45, 7) is 15.1. The highest BCUT2D eigenvalue weighted by Crippen LogP contribution is 2.76. The van der Waals surface area contributed by atoms with Gasteiger partial charge in [-0.1, -0.05) is 53.2 Å². The van der Waals surface area contributed by atoms with Gasteiger partial charge in [0, 0.05) is 5.41 Å². The lowest BCUT2D eigenvalue weighted by Gasteiger charge is -2.71. The molecule has 0 unspecified atom stereocenters. The van der Waals surface area contributed by atoms with Crippen LogP contribution in [0.4, 0.5) is 0 Å². The molecule has 0 aromatic rings. The zero-order valence-electron chi connectivity index (χ0n) is 32.7. The number of aliphatic hydroxyl groups excluding tert-OH is 6. The van der Waals surface area contributed by atoms with Crippen LogP contribution in [-0.4, -0.2) is 116 Å². The molecule has 0 amide bonds. The molecule has 18 atom stereocenters. The van der Waals surface area contributed by atoms with Gasteiger partial charge >= 0.3 is 5.97 Å². The number of carboxylic acid groups (broad SMARTS) is 1. The van der Waals surface area contributed by atoms with Crippen LogP contribution in [-0.2, 0) is 23.7 Å². The first-order valence-electron chi connectivity index (χ1n) is 20.2. The average Bonchev–Trinajstić information content (AvgIpc) is 3.10. The molecule has 12 nitrogen and oxygen atoms in total. The quantitative estimate of drug-likeness (QED) is 0.155. The van der Waals surface area contributed by atoms with E-state index >= 15 is 0 Å². The summed E-state index contributed by atoms with van der Waals surface area (Å²) in [5, 5.41) is 74.9. The average molecular weight is 751 g/mol. The maximum atomic E-state index is 13.0. The number of carboxylic acids is 1. The number of allylic oxidation sites excluding steroid dienone is 2. The zero-order chi connectivity index (χ0) is 38.7. The molecule has 0 bridgehead atoms. The highest BCUT2D eigenvalue weighted by Gasteiger charge is 2.70. The second-order valence-corrected chi connectivity index (χ2v) is 20.0. The van der Waals surface area contributed by atoms with E-state index in [9.17, 15) is 40.5 Å². The fourth-order valence-corrected chi connectivity index (χ4v) is 13.3. The normalized spacial score (nSPS) is 55.1. The van der Waals surface area contributed by atoms with Crippen LogP contribution in [0.5, 0.6) is 0 Å². The fourth-order valence-electron chi connectivity index (χ4n) is 13.3. The van der Waals surface area contributed by atoms with Gasteiger partial charge in [-0.2, -0.15) is 0 Å². The van der Waals surface area contributed by atoms with Gasteiger partial charge in [0.15, 0.2) is 12.6 Å². The molecule has 7 aliphatic rings. The van der Waals surface area contributed by atoms with Gasteiger partial charge in [-0.3, -0.25) is 4.79 Å². The number of carbonyl (C=O) groups is 1. The van der Waals surface area contributed by atoms with E-state index in [1.165, 1.54) is 12.5 Å². The van der Waals surface area contributed by atoms with E-state index in [0.29, 0.717) is 18.8 Å². The van der Waals surface area contributed by atoms with Gasteiger partial charge in [0.05, 0.1) is 30.8 Å². The van der Waals surface area contributed by atoms with Crippen molar-refractivity contribution in [2.45, 2.75) is 174 Å². The topological polar surface area (TPSA) is 196 Å². The second-order valence-electron chi connectivity index (χ2n) is 20.0. The fraction of sp³-hybridized carbons (Fsp3) is 0.927. The third kappa shape index (κ3) is 5.85. The summed E-state index contributed by atoms with van der Waals surface area (Å²) in [6.07, 6.45) is -1.79. The molecule has 7 rings (SSSR count). The predicted molar refractivity (Wildman–Crippen MR) is 192 cm³/mol. The van der Waals surface area contributed by atoms with Crippen LogP contribution in [0, 0.1) is 50.2 Å². The summed E-state index contributed by atoms with van der Waals surface area (Å²) in [5.74, 6) is -0.194. The summed E-state index contributed by atoms with van der Waals surface area (Å²) in [6, 6.07) is 0. The molecule has 0 aromatic carbocycles. The van der Waals surface area contributed by atoms with E-state index in [1.807, 2.05) is 0 Å². The van der Waals surface area contributed by atoms with Crippen LogP contribution in [0.1, 0.15) is 113 Å². The Labute approximate surface area is 314 Å². The van der Waals surface area contributed by atoms with E-state index in [1.54, 1.807) is 0 Å². The van der Waals surface area contributed by atoms with Crippen molar-refractivity contribution < 1.29 is 59.5 Å². The summed E-state index contributed by atoms with van der Waals surface area (Å²) >= 11 is 0. The molecule has 0 radical (unpaired) electrons. The standard InChI is InChI=1S/C41H66O12/c1-21-28(44)30(46)31(47)33(51-21)53-32-29(45)24(43)19-50-34(32)52-27-11-12-37(4)25(38(27,5)20-42)10-13-40(7)26(37)9-8-22-23-18-36(2,3)14-16-41(23,35(48)49)17-15-39(22,40)6/h8,21,23-34,42-47H,9-20H2,1-7H3,(H,48,49)/t21-,23-,24-,25+,26+,27-,28-,29-,30+,31+,32+,33-,34-,37-,38-,39+,40+,41-/m0/s1. The van der Waals surface area contributed by atoms with Gasteiger partial charge in [0.2, 0.25) is 0 Å². The Balaban J connectivity index is 1.15. The Morgan fingerprint density at radius 2 is 1.53 bits per heavy atom. The van der Waals surface area contributed by atoms with Crippen LogP contribution in [0.2, 0.25) is 0 Å². The van der Waals surface area contributed by atoms with Crippen molar-refractivity contribution in [1.29, 1.82) is 0 Å². The number of aliphatic hydroxyl groups is 6. The van der Waals surface area contributed by atoms with E-state index in [2.05, 4.69) is 47.6 Å². The van der Waals surface area contributed by atoms with Crippen LogP contribution in [0.15, 0.2) is 11.6 Å². The molecular weight excluding hydrogens is 684 g/mol. The van der Waals surface area contributed by atoms with Crippen molar-refractivity contribution in [2.24, 2.45) is 50.2 Å². The van der Waals surface area contributed by atoms with Crippen molar-refractivity contribution in [3.8, 4) is 0 Å². The van der Waals surface area contributed by atoms with Gasteiger partial charge in [-0.05, 0) is 111 Å². The maximum absolute atomic E-state index is 13.0. The van der Waals surface area contributed by atoms with E-state index in [-0.39, 0.29) is 46.7 Å². The Bertz CT molecular complexity index is 1440. The molecule has 302 valence electrons. The highest BCUT2D eigenvalue weighted by atomic mass is 16.8. The van der Waals surface area contributed by atoms with Crippen LogP contribution >= 0.6 is 0 Å². The molecule has 0 aromatic heterocycles. The number of rotatable bonds is 6. The van der Waals surface area contributed by atoms with Crippen molar-refractivity contribution in [1.82, 2.24) is 0 Å². The van der Waals surface area contributed by atoms with Gasteiger partial charge in [0.25, 0.3) is 0 Å². The van der Waals surface area contributed by atoms with E-state index < -0.39 is 78.2 Å². The molecule has 2 aliphatic heterocycles. The number of aliphatic carboxylic acids is 1. The van der Waals surface area contributed by atoms with Gasteiger partial charge < -0.3 is 54.7 Å². The number of ether oxygens (including phenoxy) is 4. The Kier molecular flexibility index (Phi) is 10.2. The minimum Gasteiger partial charge on any atom is -0.481 e. The summed E-state index contributed by atoms with van der Waals surface area (Å²) in [7, 11) is 0. The molecular formula is C41H66O12. The van der Waals surface area contributed by atoms with Crippen molar-refractivity contribution >= 4 is 5.97 Å². The summed E-state index contributed by atoms with van der Waals surface area (Å²) in [4.78, 5) is 13.0. The van der Waals surface area contributed by atoms with Crippen molar-refractivity contribution in [3.05, 3.63) is 11.6 Å². The monoisotopic (exact) mass is 750 g/mol. The largest absolute Gasteiger partial charge is 0.481 e. The van der Waals surface area contributed by atoms with E-state index in [4.69, 9.17) is 18.9 Å². The van der Waals surface area contributed by atoms with Crippen LogP contribution in [0.25, 0.3) is 0 Å². The molecule has 7 N–H and O–H groups in total. The summed E-state index contributed by atoms with van der Waals surface area (Å²) < 4.78 is 24.3. The predicted octanol–water partition coefficient (Wildman–Crippen LogP) is 3.52. The smallest absolute Gasteiger partial charge is 0.310 e. The van der Waals surface area contributed by atoms with E-state index in [0.717, 1.165) is 51.4 Å². The Hall–Kier alpha value is -1.19. The zero-order valence-corrected chi connectivity index (χ0v) is 32.7. The minimum atomic E-state index is -1.62. The first-order chi connectivity index (χ1) is 24.7. The molecule has 2 heterocycles. The molecule has 2 saturated heterocycles. The van der Waals surface area contributed by atoms with Crippen LogP contribution in [0.3, 0.4) is 0 Å². The van der Waals surface area contributed by atoms with Gasteiger partial charge in [-0.25, -0.2) is 0 Å².